The second-order valence-electron chi connectivity index (χ2n) is 9.66. The van der Waals surface area contributed by atoms with Crippen molar-refractivity contribution in [1.29, 1.82) is 0 Å². The van der Waals surface area contributed by atoms with E-state index in [9.17, 15) is 9.59 Å². The zero-order valence-electron chi connectivity index (χ0n) is 19.9. The van der Waals surface area contributed by atoms with E-state index in [1.54, 1.807) is 23.4 Å². The van der Waals surface area contributed by atoms with Gasteiger partial charge in [0.1, 0.15) is 0 Å². The van der Waals surface area contributed by atoms with Gasteiger partial charge in [-0.3, -0.25) is 14.6 Å². The topological polar surface area (TPSA) is 130 Å². The molecule has 0 unspecified atom stereocenters. The van der Waals surface area contributed by atoms with Crippen LogP contribution < -0.4 is 26.6 Å². The van der Waals surface area contributed by atoms with Gasteiger partial charge in [0, 0.05) is 49.4 Å². The minimum absolute atomic E-state index is 0.0780. The minimum atomic E-state index is -0.410. The molecule has 1 aromatic carbocycles. The molecular weight excluding hydrogens is 442 g/mol. The summed E-state index contributed by atoms with van der Waals surface area (Å²) in [4.78, 5) is 38.4. The van der Waals surface area contributed by atoms with Gasteiger partial charge >= 0.3 is 0 Å². The molecule has 0 radical (unpaired) electrons. The summed E-state index contributed by atoms with van der Waals surface area (Å²) in [7, 11) is 0. The van der Waals surface area contributed by atoms with Gasteiger partial charge in [0.25, 0.3) is 5.91 Å². The highest BCUT2D eigenvalue weighted by atomic mass is 16.2. The van der Waals surface area contributed by atoms with E-state index in [-0.39, 0.29) is 23.3 Å². The third-order valence-corrected chi connectivity index (χ3v) is 6.76. The van der Waals surface area contributed by atoms with E-state index in [0.29, 0.717) is 36.6 Å². The highest BCUT2D eigenvalue weighted by Crippen LogP contribution is 2.31. The van der Waals surface area contributed by atoms with Crippen molar-refractivity contribution in [3.05, 3.63) is 48.4 Å². The molecule has 2 aliphatic heterocycles. The molecule has 5 N–H and O–H groups in total. The first-order valence-electron chi connectivity index (χ1n) is 12.2. The molecule has 2 atom stereocenters. The van der Waals surface area contributed by atoms with Gasteiger partial charge < -0.3 is 26.6 Å². The van der Waals surface area contributed by atoms with Crippen molar-refractivity contribution < 1.29 is 9.59 Å². The van der Waals surface area contributed by atoms with E-state index < -0.39 is 5.91 Å². The number of piperidine rings is 2. The lowest BCUT2D eigenvalue weighted by Crippen LogP contribution is -2.46. The van der Waals surface area contributed by atoms with Crippen LogP contribution in [0.1, 0.15) is 43.1 Å². The first kappa shape index (κ1) is 23.0. The Hall–Kier alpha value is -3.72. The number of benzene rings is 1. The second kappa shape index (κ2) is 9.50. The number of rotatable bonds is 4. The van der Waals surface area contributed by atoms with Crippen molar-refractivity contribution in [2.45, 2.75) is 38.6 Å². The Balaban J connectivity index is 1.43. The number of nitrogen functional groups attached to an aromatic ring is 1. The van der Waals surface area contributed by atoms with Crippen LogP contribution in [0.5, 0.6) is 0 Å². The Morgan fingerprint density at radius 1 is 1.17 bits per heavy atom. The first-order valence-corrected chi connectivity index (χ1v) is 12.2. The van der Waals surface area contributed by atoms with Crippen LogP contribution in [0.2, 0.25) is 0 Å². The number of nitrogens with zero attached hydrogens (tertiary/aromatic N) is 4. The van der Waals surface area contributed by atoms with E-state index in [1.807, 2.05) is 24.3 Å². The summed E-state index contributed by atoms with van der Waals surface area (Å²) in [6.45, 7) is 4.44. The Morgan fingerprint density at radius 2 is 2.03 bits per heavy atom. The summed E-state index contributed by atoms with van der Waals surface area (Å²) < 4.78 is 0. The smallest absolute Gasteiger partial charge is 0.276 e. The molecule has 2 aromatic heterocycles. The number of pyridine rings is 2. The predicted molar refractivity (Wildman–Crippen MR) is 139 cm³/mol. The third-order valence-electron chi connectivity index (χ3n) is 6.76. The Kier molecular flexibility index (Phi) is 6.25. The van der Waals surface area contributed by atoms with Crippen LogP contribution in [-0.4, -0.2) is 47.5 Å². The standard InChI is InChI=1S/C26H31N7O2/c1-16-10-18(27)15-32(14-16)23-7-8-29-13-22(23)31-26(35)25-20(28)11-17-5-6-19(12-21(17)30-25)33-9-3-2-4-24(33)34/h5-8,11-13,16,18H,2-4,9-10,14-15,27-28H2,1H3,(H,31,35)/t16-,18+/m1/s1. The molecule has 0 bridgehead atoms. The molecule has 2 amide bonds. The van der Waals surface area contributed by atoms with Crippen LogP contribution in [0.25, 0.3) is 10.9 Å². The third kappa shape index (κ3) is 4.77. The summed E-state index contributed by atoms with van der Waals surface area (Å²) in [6, 6.07) is 9.35. The summed E-state index contributed by atoms with van der Waals surface area (Å²) in [6.07, 6.45) is 6.76. The van der Waals surface area contributed by atoms with Crippen LogP contribution in [0.4, 0.5) is 22.7 Å². The molecule has 2 aliphatic rings. The second-order valence-corrected chi connectivity index (χ2v) is 9.66. The van der Waals surface area contributed by atoms with Crippen molar-refractivity contribution in [3.63, 3.8) is 0 Å². The van der Waals surface area contributed by atoms with E-state index >= 15 is 0 Å². The van der Waals surface area contributed by atoms with Gasteiger partial charge in [-0.1, -0.05) is 13.0 Å². The van der Waals surface area contributed by atoms with E-state index in [1.165, 1.54) is 0 Å². The molecular formula is C26H31N7O2. The Morgan fingerprint density at radius 3 is 2.83 bits per heavy atom. The van der Waals surface area contributed by atoms with Crippen LogP contribution in [0, 0.1) is 5.92 Å². The SMILES string of the molecule is C[C@@H]1C[C@H](N)CN(c2ccncc2NC(=O)c2nc3cc(N4CCCCC4=O)ccc3cc2N)C1. The monoisotopic (exact) mass is 473 g/mol. The van der Waals surface area contributed by atoms with Crippen LogP contribution in [-0.2, 0) is 4.79 Å². The number of aromatic nitrogens is 2. The first-order chi connectivity index (χ1) is 16.9. The lowest BCUT2D eigenvalue weighted by Gasteiger charge is -2.37. The Bertz CT molecular complexity index is 1270. The van der Waals surface area contributed by atoms with E-state index in [2.05, 4.69) is 27.1 Å². The molecule has 2 fully saturated rings. The minimum Gasteiger partial charge on any atom is -0.397 e. The number of carbonyl (C=O) groups is 2. The van der Waals surface area contributed by atoms with E-state index in [0.717, 1.165) is 42.6 Å². The number of fused-ring (bicyclic) bond motifs is 1. The van der Waals surface area contributed by atoms with Gasteiger partial charge in [-0.15, -0.1) is 0 Å². The fourth-order valence-corrected chi connectivity index (χ4v) is 5.14. The van der Waals surface area contributed by atoms with Crippen LogP contribution in [0.15, 0.2) is 42.7 Å². The zero-order chi connectivity index (χ0) is 24.5. The van der Waals surface area contributed by atoms with Crippen molar-refractivity contribution in [1.82, 2.24) is 9.97 Å². The molecule has 9 nitrogen and oxygen atoms in total. The molecule has 0 saturated carbocycles. The summed E-state index contributed by atoms with van der Waals surface area (Å²) >= 11 is 0. The number of nitrogens with one attached hydrogen (secondary N) is 1. The normalized spacial score (nSPS) is 20.8. The van der Waals surface area contributed by atoms with Crippen molar-refractivity contribution >= 4 is 45.5 Å². The molecule has 5 rings (SSSR count). The molecule has 0 spiro atoms. The number of hydrogen-bond acceptors (Lipinski definition) is 7. The van der Waals surface area contributed by atoms with Crippen molar-refractivity contribution in [2.75, 3.05) is 40.5 Å². The highest BCUT2D eigenvalue weighted by Gasteiger charge is 2.25. The molecule has 3 aromatic rings. The number of anilines is 4. The van der Waals surface area contributed by atoms with Gasteiger partial charge in [0.15, 0.2) is 5.69 Å². The maximum absolute atomic E-state index is 13.3. The lowest BCUT2D eigenvalue weighted by atomic mass is 9.96. The molecule has 4 heterocycles. The lowest BCUT2D eigenvalue weighted by molar-refractivity contribution is -0.119. The highest BCUT2D eigenvalue weighted by molar-refractivity contribution is 6.09. The van der Waals surface area contributed by atoms with Crippen LogP contribution >= 0.6 is 0 Å². The number of nitrogens with two attached hydrogens (primary N) is 2. The van der Waals surface area contributed by atoms with Crippen molar-refractivity contribution in [2.24, 2.45) is 11.7 Å². The average Bonchev–Trinajstić information content (AvgIpc) is 2.83. The summed E-state index contributed by atoms with van der Waals surface area (Å²) in [5.74, 6) is 0.154. The molecule has 35 heavy (non-hydrogen) atoms. The van der Waals surface area contributed by atoms with Gasteiger partial charge in [-0.25, -0.2) is 4.98 Å². The average molecular weight is 474 g/mol. The van der Waals surface area contributed by atoms with Crippen molar-refractivity contribution in [3.8, 4) is 0 Å². The zero-order valence-corrected chi connectivity index (χ0v) is 19.9. The predicted octanol–water partition coefficient (Wildman–Crippen LogP) is 3.15. The number of amides is 2. The van der Waals surface area contributed by atoms with Gasteiger partial charge in [0.05, 0.1) is 28.8 Å². The summed E-state index contributed by atoms with van der Waals surface area (Å²) in [5.41, 5.74) is 15.8. The van der Waals surface area contributed by atoms with Gasteiger partial charge in [0.2, 0.25) is 5.91 Å². The number of carbonyl (C=O) groups excluding carboxylic acids is 2. The van der Waals surface area contributed by atoms with Crippen LogP contribution in [0.3, 0.4) is 0 Å². The molecule has 182 valence electrons. The van der Waals surface area contributed by atoms with Gasteiger partial charge in [-0.2, -0.15) is 0 Å². The van der Waals surface area contributed by atoms with E-state index in [4.69, 9.17) is 11.5 Å². The largest absolute Gasteiger partial charge is 0.397 e. The Labute approximate surface area is 204 Å². The molecule has 0 aliphatic carbocycles. The fraction of sp³-hybridized carbons (Fsp3) is 0.385. The fourth-order valence-electron chi connectivity index (χ4n) is 5.14. The summed E-state index contributed by atoms with van der Waals surface area (Å²) in [5, 5.41) is 3.76. The molecule has 2 saturated heterocycles. The van der Waals surface area contributed by atoms with Gasteiger partial charge in [-0.05, 0) is 49.4 Å². The maximum Gasteiger partial charge on any atom is 0.276 e. The maximum atomic E-state index is 13.3. The quantitative estimate of drug-likeness (QED) is 0.530. The molecule has 9 heteroatoms. The number of hydrogen-bond donors (Lipinski definition) is 3.